The predicted molar refractivity (Wildman–Crippen MR) is 176 cm³/mol. The van der Waals surface area contributed by atoms with Gasteiger partial charge in [0.05, 0.1) is 35.8 Å². The van der Waals surface area contributed by atoms with E-state index >= 15 is 0 Å². The highest BCUT2D eigenvalue weighted by molar-refractivity contribution is 6.00. The second kappa shape index (κ2) is 13.6. The van der Waals surface area contributed by atoms with Crippen LogP contribution in [0, 0.1) is 6.92 Å². The Morgan fingerprint density at radius 2 is 1.82 bits per heavy atom. The molecule has 0 aliphatic carbocycles. The maximum atomic E-state index is 11.5. The Kier molecular flexibility index (Phi) is 9.36. The molecular weight excluding hydrogens is 550 g/mol. The molecule has 7 heteroatoms. The van der Waals surface area contributed by atoms with Gasteiger partial charge in [-0.2, -0.15) is 5.10 Å². The molecule has 1 aliphatic heterocycles. The predicted octanol–water partition coefficient (Wildman–Crippen LogP) is 7.81. The summed E-state index contributed by atoms with van der Waals surface area (Å²) in [6.07, 6.45) is 4.35. The third kappa shape index (κ3) is 5.76. The minimum absolute atomic E-state index is 0.430. The smallest absolute Gasteiger partial charge is 0.196 e. The Morgan fingerprint density at radius 3 is 2.66 bits per heavy atom. The number of rotatable bonds is 10. The van der Waals surface area contributed by atoms with Gasteiger partial charge in [-0.05, 0) is 68.5 Å². The van der Waals surface area contributed by atoms with Gasteiger partial charge in [-0.3, -0.25) is 4.68 Å². The van der Waals surface area contributed by atoms with Gasteiger partial charge in [-0.25, -0.2) is 0 Å². The number of aromatic nitrogens is 3. The lowest BCUT2D eigenvalue weighted by Gasteiger charge is -2.19. The highest BCUT2D eigenvalue weighted by Crippen LogP contribution is 2.42. The number of fused-ring (bicyclic) bond motifs is 3. The number of hydrogen-bond donors (Lipinski definition) is 1. The summed E-state index contributed by atoms with van der Waals surface area (Å²) in [6.45, 7) is 9.33. The third-order valence-corrected chi connectivity index (χ3v) is 8.85. The van der Waals surface area contributed by atoms with Gasteiger partial charge in [0.25, 0.3) is 0 Å². The number of aryl methyl sites for hydroxylation is 5. The molecule has 3 heterocycles. The van der Waals surface area contributed by atoms with E-state index in [1.807, 2.05) is 30.8 Å². The molecule has 1 atom stereocenters. The molecular formula is C37H45N3O4. The highest BCUT2D eigenvalue weighted by atomic mass is 16.6. The molecule has 0 radical (unpaired) electrons. The summed E-state index contributed by atoms with van der Waals surface area (Å²) >= 11 is 0. The van der Waals surface area contributed by atoms with Gasteiger partial charge in [0.1, 0.15) is 5.75 Å². The first-order chi connectivity index (χ1) is 21.5. The maximum Gasteiger partial charge on any atom is 0.196 e. The first-order valence-corrected chi connectivity index (χ1v) is 16.2. The molecule has 44 heavy (non-hydrogen) atoms. The lowest BCUT2D eigenvalue weighted by atomic mass is 9.93. The quantitative estimate of drug-likeness (QED) is 0.132. The largest absolute Gasteiger partial charge is 0.493 e. The molecule has 1 unspecified atom stereocenters. The van der Waals surface area contributed by atoms with Crippen LogP contribution >= 0.6 is 0 Å². The molecule has 0 bridgehead atoms. The zero-order valence-corrected chi connectivity index (χ0v) is 26.6. The van der Waals surface area contributed by atoms with Crippen LogP contribution in [0.25, 0.3) is 32.8 Å². The van der Waals surface area contributed by atoms with Crippen LogP contribution in [0.1, 0.15) is 74.0 Å². The molecule has 0 saturated heterocycles. The molecule has 232 valence electrons. The maximum absolute atomic E-state index is 11.5. The number of nitrogens with zero attached hydrogens (tertiary/aromatic N) is 3. The Labute approximate surface area is 260 Å². The van der Waals surface area contributed by atoms with E-state index in [2.05, 4.69) is 60.9 Å². The molecule has 0 fully saturated rings. The van der Waals surface area contributed by atoms with Crippen molar-refractivity contribution < 1.29 is 19.3 Å². The number of aliphatic hydroxyl groups is 1. The van der Waals surface area contributed by atoms with Crippen molar-refractivity contribution in [3.63, 3.8) is 0 Å². The molecule has 0 amide bonds. The number of benzene rings is 3. The second-order valence-corrected chi connectivity index (χ2v) is 11.8. The van der Waals surface area contributed by atoms with Crippen LogP contribution < -0.4 is 4.74 Å². The Morgan fingerprint density at radius 1 is 0.977 bits per heavy atom. The number of hydrogen-bond acceptors (Lipinski definition) is 5. The Bertz CT molecular complexity index is 1750. The lowest BCUT2D eigenvalue weighted by Crippen LogP contribution is -2.14. The average molecular weight is 596 g/mol. The van der Waals surface area contributed by atoms with E-state index in [9.17, 15) is 5.11 Å². The van der Waals surface area contributed by atoms with Gasteiger partial charge in [-0.15, -0.1) is 0 Å². The van der Waals surface area contributed by atoms with E-state index in [0.29, 0.717) is 26.4 Å². The van der Waals surface area contributed by atoms with Gasteiger partial charge in [0.15, 0.2) is 6.29 Å². The Hall–Kier alpha value is -3.65. The Balaban J connectivity index is 1.46. The molecule has 1 N–H and O–H groups in total. The summed E-state index contributed by atoms with van der Waals surface area (Å²) in [5.41, 5.74) is 8.96. The fourth-order valence-electron chi connectivity index (χ4n) is 6.85. The molecule has 3 aromatic carbocycles. The topological polar surface area (TPSA) is 70.7 Å². The van der Waals surface area contributed by atoms with E-state index in [1.165, 1.54) is 27.5 Å². The summed E-state index contributed by atoms with van der Waals surface area (Å²) in [5, 5.41) is 20.0. The van der Waals surface area contributed by atoms with E-state index in [4.69, 9.17) is 19.3 Å². The third-order valence-electron chi connectivity index (χ3n) is 8.85. The molecule has 6 rings (SSSR count). The zero-order chi connectivity index (χ0) is 30.6. The van der Waals surface area contributed by atoms with Crippen molar-refractivity contribution in [2.24, 2.45) is 7.05 Å². The SMILES string of the molecule is CCCc1nn(C)c2c1-c1c(C)ccc3c(CCCOc4cccc5ccccc45)c(C(O)OCC)n(c13)CCCCOC2. The molecule has 2 aromatic heterocycles. The molecule has 0 spiro atoms. The average Bonchev–Trinajstić information content (AvgIpc) is 3.49. The molecule has 7 nitrogen and oxygen atoms in total. The zero-order valence-electron chi connectivity index (χ0n) is 26.6. The van der Waals surface area contributed by atoms with Gasteiger partial charge >= 0.3 is 0 Å². The summed E-state index contributed by atoms with van der Waals surface area (Å²) < 4.78 is 22.8. The van der Waals surface area contributed by atoms with E-state index < -0.39 is 6.29 Å². The van der Waals surface area contributed by atoms with Crippen LogP contribution in [0.5, 0.6) is 5.75 Å². The standard InChI is InChI=1S/C37H45N3O4/c1-5-13-30-34-31(39(4)38-30)24-42-22-10-9-21-40-35-29(20-19-25(3)33(34)35)28(36(40)37(41)43-6-2)17-12-23-44-32-18-11-15-26-14-7-8-16-27(26)32/h7-8,11,14-16,18-20,37,41H,5-6,9-10,12-13,17,21-24H2,1-4H3. The van der Waals surface area contributed by atoms with Crippen LogP contribution in [-0.4, -0.2) is 39.3 Å². The highest BCUT2D eigenvalue weighted by Gasteiger charge is 2.29. The van der Waals surface area contributed by atoms with Crippen molar-refractivity contribution in [3.8, 4) is 16.9 Å². The van der Waals surface area contributed by atoms with Crippen molar-refractivity contribution in [2.45, 2.75) is 78.7 Å². The second-order valence-electron chi connectivity index (χ2n) is 11.8. The first-order valence-electron chi connectivity index (χ1n) is 16.2. The van der Waals surface area contributed by atoms with E-state index in [1.54, 1.807) is 0 Å². The summed E-state index contributed by atoms with van der Waals surface area (Å²) in [7, 11) is 2.03. The minimum atomic E-state index is -1.01. The van der Waals surface area contributed by atoms with Crippen LogP contribution in [-0.2, 0) is 42.5 Å². The van der Waals surface area contributed by atoms with Gasteiger partial charge in [0.2, 0.25) is 0 Å². The van der Waals surface area contributed by atoms with Crippen molar-refractivity contribution in [3.05, 3.63) is 82.8 Å². The molecule has 5 aromatic rings. The first kappa shape index (κ1) is 30.4. The van der Waals surface area contributed by atoms with E-state index in [-0.39, 0.29) is 0 Å². The fraction of sp³-hybridized carbons (Fsp3) is 0.432. The van der Waals surface area contributed by atoms with Crippen LogP contribution in [0.15, 0.2) is 54.6 Å². The summed E-state index contributed by atoms with van der Waals surface area (Å²) in [4.78, 5) is 0. The van der Waals surface area contributed by atoms with Gasteiger partial charge in [-0.1, -0.05) is 61.9 Å². The summed E-state index contributed by atoms with van der Waals surface area (Å²) in [6, 6.07) is 19.0. The molecule has 0 saturated carbocycles. The van der Waals surface area contributed by atoms with Crippen molar-refractivity contribution >= 4 is 21.7 Å². The van der Waals surface area contributed by atoms with Crippen molar-refractivity contribution in [2.75, 3.05) is 19.8 Å². The van der Waals surface area contributed by atoms with Gasteiger partial charge < -0.3 is 23.9 Å². The van der Waals surface area contributed by atoms with Crippen LogP contribution in [0.3, 0.4) is 0 Å². The molecule has 1 aliphatic rings. The fourth-order valence-corrected chi connectivity index (χ4v) is 6.85. The number of aliphatic hydroxyl groups excluding tert-OH is 1. The monoisotopic (exact) mass is 595 g/mol. The van der Waals surface area contributed by atoms with Gasteiger partial charge in [0, 0.05) is 48.7 Å². The number of ether oxygens (including phenoxy) is 3. The van der Waals surface area contributed by atoms with Crippen molar-refractivity contribution in [1.82, 2.24) is 14.3 Å². The minimum Gasteiger partial charge on any atom is -0.493 e. The normalized spacial score (nSPS) is 14.5. The van der Waals surface area contributed by atoms with E-state index in [0.717, 1.165) is 84.4 Å². The van der Waals surface area contributed by atoms with Crippen LogP contribution in [0.4, 0.5) is 0 Å². The van der Waals surface area contributed by atoms with Crippen LogP contribution in [0.2, 0.25) is 0 Å². The lowest BCUT2D eigenvalue weighted by molar-refractivity contribution is -0.103. The summed E-state index contributed by atoms with van der Waals surface area (Å²) in [5.74, 6) is 0.905. The van der Waals surface area contributed by atoms with Crippen molar-refractivity contribution in [1.29, 1.82) is 0 Å².